The summed E-state index contributed by atoms with van der Waals surface area (Å²) in [6, 6.07) is 5.94. The summed E-state index contributed by atoms with van der Waals surface area (Å²) in [5.41, 5.74) is 4.23. The number of rotatable bonds is 14. The number of amides is 1. The molecule has 2 aromatic carbocycles. The van der Waals surface area contributed by atoms with Gasteiger partial charge in [-0.1, -0.05) is 53.5 Å². The number of anilines is 1. The van der Waals surface area contributed by atoms with Crippen LogP contribution in [0, 0.1) is 23.1 Å². The van der Waals surface area contributed by atoms with E-state index in [1.165, 1.54) is 13.2 Å². The largest absolute Gasteiger partial charge is 0.468 e. The molecule has 0 radical (unpaired) electrons. The monoisotopic (exact) mass is 928 g/mol. The van der Waals surface area contributed by atoms with Gasteiger partial charge in [0.2, 0.25) is 0 Å². The van der Waals surface area contributed by atoms with Crippen LogP contribution in [0.1, 0.15) is 100 Å². The Hall–Kier alpha value is -5.11. The lowest BCUT2D eigenvalue weighted by atomic mass is 9.95. The van der Waals surface area contributed by atoms with Gasteiger partial charge >= 0.3 is 18.1 Å². The first-order valence-electron chi connectivity index (χ1n) is 23.4. The number of aromatic nitrogens is 3. The van der Waals surface area contributed by atoms with Crippen LogP contribution in [0.2, 0.25) is 16.6 Å². The molecule has 4 aromatic rings. The van der Waals surface area contributed by atoms with Crippen molar-refractivity contribution in [3.8, 4) is 34.5 Å². The molecule has 0 unspecified atom stereocenters. The highest BCUT2D eigenvalue weighted by Gasteiger charge is 2.45. The number of likely N-dealkylation sites (tertiary alicyclic amines) is 1. The fraction of sp³-hybridized carbons (Fsp3) is 0.580. The number of benzene rings is 2. The number of piperazine rings is 1. The molecule has 5 heterocycles. The highest BCUT2D eigenvalue weighted by Crippen LogP contribution is 2.43. The van der Waals surface area contributed by atoms with Crippen molar-refractivity contribution in [3.63, 3.8) is 0 Å². The number of hydrogen-bond acceptors (Lipinski definition) is 12. The minimum absolute atomic E-state index is 0.0389. The molecule has 356 valence electrons. The fourth-order valence-electron chi connectivity index (χ4n) is 10.6. The molecule has 0 N–H and O–H groups in total. The molecule has 2 bridgehead atoms. The van der Waals surface area contributed by atoms with Crippen molar-refractivity contribution in [2.24, 2.45) is 0 Å². The summed E-state index contributed by atoms with van der Waals surface area (Å²) < 4.78 is 62.8. The predicted octanol–water partition coefficient (Wildman–Crippen LogP) is 9.67. The normalized spacial score (nSPS) is 19.0. The second-order valence-corrected chi connectivity index (χ2v) is 25.3. The maximum Gasteiger partial charge on any atom is 0.410 e. The van der Waals surface area contributed by atoms with Crippen molar-refractivity contribution in [3.05, 3.63) is 47.7 Å². The third-order valence-corrected chi connectivity index (χ3v) is 19.8. The number of ether oxygens (including phenoxy) is 5. The molecule has 3 saturated heterocycles. The topological polar surface area (TPSA) is 129 Å². The molecule has 1 amide bonds. The molecule has 2 aromatic heterocycles. The summed E-state index contributed by atoms with van der Waals surface area (Å²) in [5.74, 6) is 2.53. The van der Waals surface area contributed by atoms with Crippen LogP contribution in [-0.2, 0) is 19.0 Å². The molecule has 0 spiro atoms. The van der Waals surface area contributed by atoms with Gasteiger partial charge < -0.3 is 28.6 Å². The van der Waals surface area contributed by atoms with E-state index in [-0.39, 0.29) is 85.1 Å². The van der Waals surface area contributed by atoms with Gasteiger partial charge in [0.05, 0.1) is 36.2 Å². The summed E-state index contributed by atoms with van der Waals surface area (Å²) in [6.07, 6.45) is 4.39. The van der Waals surface area contributed by atoms with Crippen molar-refractivity contribution in [1.82, 2.24) is 24.8 Å². The summed E-state index contributed by atoms with van der Waals surface area (Å²) in [4.78, 5) is 46.3. The number of nitrogens with zero attached hydrogens (tertiary/aromatic N) is 6. The van der Waals surface area contributed by atoms with Crippen LogP contribution < -0.4 is 14.4 Å². The van der Waals surface area contributed by atoms with Crippen LogP contribution in [0.15, 0.2) is 30.5 Å². The first-order chi connectivity index (χ1) is 31.4. The quantitative estimate of drug-likeness (QED) is 0.0517. The standard InChI is InChI=1S/C50H66F2N6O7Si/c1-12-62-42(59)27-56-20-13-14-36(56)28-63-48-54-46-40(47(55-48)57-25-34-16-17-35(26-57)58(34)49(60)65-50(8,9)10)24-53-45(44(46)52)39-23-37(64-29-61-11)22-33-15-18-41(51)38(43(33)39)19-21-66(30(2)3,31(4)5)32(6)7/h15,18,22-24,30-32,34-36H,12-14,16-17,20,25-29H2,1-11H3/t34-,35+,36-/m0/s1. The summed E-state index contributed by atoms with van der Waals surface area (Å²) >= 11 is 0. The Kier molecular flexibility index (Phi) is 14.8. The van der Waals surface area contributed by atoms with Crippen LogP contribution in [0.25, 0.3) is 32.9 Å². The van der Waals surface area contributed by atoms with Gasteiger partial charge in [-0.25, -0.2) is 13.6 Å². The Morgan fingerprint density at radius 2 is 1.65 bits per heavy atom. The summed E-state index contributed by atoms with van der Waals surface area (Å²) in [5, 5.41) is 1.34. The smallest absolute Gasteiger partial charge is 0.410 e. The Morgan fingerprint density at radius 1 is 0.955 bits per heavy atom. The van der Waals surface area contributed by atoms with Gasteiger partial charge in [-0.05, 0) is 100 Å². The molecule has 3 aliphatic rings. The van der Waals surface area contributed by atoms with E-state index in [1.807, 2.05) is 30.6 Å². The average molecular weight is 929 g/mol. The Bertz CT molecular complexity index is 2470. The van der Waals surface area contributed by atoms with Crippen LogP contribution in [0.5, 0.6) is 11.8 Å². The number of carbonyl (C=O) groups excluding carboxylic acids is 2. The number of esters is 1. The number of carbonyl (C=O) groups is 2. The summed E-state index contributed by atoms with van der Waals surface area (Å²) in [6.45, 7) is 22.6. The Labute approximate surface area is 388 Å². The van der Waals surface area contributed by atoms with Crippen molar-refractivity contribution in [2.75, 3.05) is 58.2 Å². The molecule has 0 aliphatic carbocycles. The molecule has 3 aliphatic heterocycles. The Morgan fingerprint density at radius 3 is 2.29 bits per heavy atom. The molecule has 16 heteroatoms. The maximum absolute atomic E-state index is 17.9. The van der Waals surface area contributed by atoms with Crippen molar-refractivity contribution >= 4 is 47.6 Å². The first kappa shape index (κ1) is 48.8. The highest BCUT2D eigenvalue weighted by molar-refractivity contribution is 6.90. The maximum atomic E-state index is 17.9. The summed E-state index contributed by atoms with van der Waals surface area (Å²) in [7, 11) is -0.824. The molecule has 0 saturated carbocycles. The average Bonchev–Trinajstić information content (AvgIpc) is 3.81. The molecule has 13 nitrogen and oxygen atoms in total. The molecular weight excluding hydrogens is 863 g/mol. The van der Waals surface area contributed by atoms with Gasteiger partial charge in [0.15, 0.2) is 12.6 Å². The van der Waals surface area contributed by atoms with E-state index in [4.69, 9.17) is 38.6 Å². The first-order valence-corrected chi connectivity index (χ1v) is 25.7. The lowest BCUT2D eigenvalue weighted by Crippen LogP contribution is -2.57. The third-order valence-electron chi connectivity index (χ3n) is 13.5. The molecule has 66 heavy (non-hydrogen) atoms. The van der Waals surface area contributed by atoms with Gasteiger partial charge in [-0.2, -0.15) is 9.97 Å². The van der Waals surface area contributed by atoms with Crippen molar-refractivity contribution < 1.29 is 42.1 Å². The zero-order valence-corrected chi connectivity index (χ0v) is 41.4. The van der Waals surface area contributed by atoms with Gasteiger partial charge in [0.25, 0.3) is 0 Å². The molecular formula is C50H66F2N6O7Si. The van der Waals surface area contributed by atoms with Crippen LogP contribution >= 0.6 is 0 Å². The van der Waals surface area contributed by atoms with E-state index in [9.17, 15) is 9.59 Å². The lowest BCUT2D eigenvalue weighted by molar-refractivity contribution is -0.144. The van der Waals surface area contributed by atoms with E-state index in [0.717, 1.165) is 25.7 Å². The van der Waals surface area contributed by atoms with Crippen LogP contribution in [0.4, 0.5) is 19.4 Å². The van der Waals surface area contributed by atoms with Gasteiger partial charge in [0, 0.05) is 43.4 Å². The van der Waals surface area contributed by atoms with E-state index < -0.39 is 25.3 Å². The fourth-order valence-corrected chi connectivity index (χ4v) is 15.8. The zero-order valence-electron chi connectivity index (χ0n) is 40.4. The molecule has 7 rings (SSSR count). The van der Waals surface area contributed by atoms with E-state index >= 15 is 8.78 Å². The van der Waals surface area contributed by atoms with Gasteiger partial charge in [-0.15, -0.1) is 5.54 Å². The second kappa shape index (κ2) is 20.0. The zero-order chi connectivity index (χ0) is 47.7. The van der Waals surface area contributed by atoms with E-state index in [0.29, 0.717) is 64.0 Å². The van der Waals surface area contributed by atoms with Gasteiger partial charge in [-0.3, -0.25) is 19.6 Å². The third kappa shape index (κ3) is 9.94. The molecule has 3 fully saturated rings. The molecule has 3 atom stereocenters. The van der Waals surface area contributed by atoms with Crippen LogP contribution in [-0.4, -0.2) is 122 Å². The number of pyridine rings is 1. The van der Waals surface area contributed by atoms with E-state index in [1.54, 1.807) is 31.3 Å². The number of methoxy groups -OCH3 is 1. The number of halogens is 2. The van der Waals surface area contributed by atoms with Gasteiger partial charge in [0.1, 0.15) is 48.9 Å². The number of hydrogen-bond donors (Lipinski definition) is 0. The SMILES string of the molecule is CCOC(=O)CN1CCC[C@H]1COc1nc(N2C[C@H]3CC[C@@H](C2)N3C(=O)OC(C)(C)C)c2cnc(-c3cc(OCOC)cc4ccc(F)c(C#C[Si](C(C)C)(C(C)C)C(C)C)c34)c(F)c2n1. The van der Waals surface area contributed by atoms with Crippen molar-refractivity contribution in [1.29, 1.82) is 0 Å². The van der Waals surface area contributed by atoms with Crippen molar-refractivity contribution in [2.45, 2.75) is 135 Å². The Balaban J connectivity index is 1.38. The minimum atomic E-state index is -2.33. The predicted molar refractivity (Wildman–Crippen MR) is 254 cm³/mol. The van der Waals surface area contributed by atoms with E-state index in [2.05, 4.69) is 57.9 Å². The second-order valence-electron chi connectivity index (χ2n) is 19.8. The highest BCUT2D eigenvalue weighted by atomic mass is 28.3. The lowest BCUT2D eigenvalue weighted by Gasteiger charge is -2.42. The number of fused-ring (bicyclic) bond motifs is 4. The van der Waals surface area contributed by atoms with Crippen LogP contribution in [0.3, 0.4) is 0 Å². The minimum Gasteiger partial charge on any atom is -0.468 e.